The molecule has 14 heavy (non-hydrogen) atoms. The molecular formula is C8H3BrClIN2O. The quantitative estimate of drug-likeness (QED) is 0.702. The van der Waals surface area contributed by atoms with Gasteiger partial charge >= 0.3 is 0 Å². The minimum absolute atomic E-state index is 0.476. The molecule has 0 atom stereocenters. The van der Waals surface area contributed by atoms with Crippen molar-refractivity contribution in [2.24, 2.45) is 0 Å². The van der Waals surface area contributed by atoms with Crippen molar-refractivity contribution in [3.8, 4) is 11.5 Å². The van der Waals surface area contributed by atoms with E-state index in [1.807, 2.05) is 34.7 Å². The van der Waals surface area contributed by atoms with Crippen molar-refractivity contribution >= 4 is 50.1 Å². The average molecular weight is 385 g/mol. The Morgan fingerprint density at radius 1 is 1.43 bits per heavy atom. The first-order valence-electron chi connectivity index (χ1n) is 3.61. The Hall–Kier alpha value is -0.140. The van der Waals surface area contributed by atoms with Crippen LogP contribution in [0.3, 0.4) is 0 Å². The van der Waals surface area contributed by atoms with Gasteiger partial charge < -0.3 is 4.52 Å². The van der Waals surface area contributed by atoms with Crippen LogP contribution in [0.15, 0.2) is 27.2 Å². The summed E-state index contributed by atoms with van der Waals surface area (Å²) in [4.78, 5) is 4.09. The maximum absolute atomic E-state index is 5.93. The van der Waals surface area contributed by atoms with E-state index in [1.54, 1.807) is 6.07 Å². The zero-order chi connectivity index (χ0) is 10.1. The molecule has 0 saturated heterocycles. The van der Waals surface area contributed by atoms with Gasteiger partial charge in [0.2, 0.25) is 3.83 Å². The topological polar surface area (TPSA) is 38.9 Å². The van der Waals surface area contributed by atoms with Crippen LogP contribution >= 0.6 is 50.1 Å². The van der Waals surface area contributed by atoms with E-state index in [4.69, 9.17) is 16.1 Å². The first kappa shape index (κ1) is 10.4. The maximum Gasteiger partial charge on any atom is 0.258 e. The molecule has 2 rings (SSSR count). The molecule has 0 radical (unpaired) electrons. The largest absolute Gasteiger partial charge is 0.333 e. The van der Waals surface area contributed by atoms with Crippen molar-refractivity contribution in [3.05, 3.63) is 31.5 Å². The lowest BCUT2D eigenvalue weighted by Crippen LogP contribution is -1.78. The van der Waals surface area contributed by atoms with Gasteiger partial charge in [0.05, 0.1) is 5.02 Å². The predicted molar refractivity (Wildman–Crippen MR) is 65.2 cm³/mol. The molecule has 3 nitrogen and oxygen atoms in total. The van der Waals surface area contributed by atoms with Gasteiger partial charge in [0, 0.05) is 32.6 Å². The smallest absolute Gasteiger partial charge is 0.258 e. The Kier molecular flexibility index (Phi) is 3.08. The van der Waals surface area contributed by atoms with E-state index in [-0.39, 0.29) is 0 Å². The van der Waals surface area contributed by atoms with Crippen LogP contribution in [0.1, 0.15) is 0 Å². The molecule has 0 saturated carbocycles. The van der Waals surface area contributed by atoms with Gasteiger partial charge in [-0.15, -0.1) is 0 Å². The lowest BCUT2D eigenvalue weighted by Gasteiger charge is -1.97. The number of hydrogen-bond acceptors (Lipinski definition) is 3. The van der Waals surface area contributed by atoms with Gasteiger partial charge in [-0.3, -0.25) is 0 Å². The number of halogens is 3. The second kappa shape index (κ2) is 4.16. The summed E-state index contributed by atoms with van der Waals surface area (Å²) in [5.41, 5.74) is 0.814. The Bertz CT molecular complexity index is 474. The lowest BCUT2D eigenvalue weighted by molar-refractivity contribution is 0.426. The Labute approximate surface area is 107 Å². The summed E-state index contributed by atoms with van der Waals surface area (Å²) in [6, 6.07) is 5.48. The fourth-order valence-electron chi connectivity index (χ4n) is 0.952. The van der Waals surface area contributed by atoms with Crippen molar-refractivity contribution in [2.45, 2.75) is 0 Å². The molecule has 1 aromatic carbocycles. The van der Waals surface area contributed by atoms with Crippen LogP contribution in [0.4, 0.5) is 0 Å². The summed E-state index contributed by atoms with van der Waals surface area (Å²) in [6.45, 7) is 0. The van der Waals surface area contributed by atoms with E-state index in [0.717, 1.165) is 10.0 Å². The molecule has 0 bridgehead atoms. The fraction of sp³-hybridized carbons (Fsp3) is 0. The lowest BCUT2D eigenvalue weighted by atomic mass is 10.2. The second-order valence-electron chi connectivity index (χ2n) is 2.50. The maximum atomic E-state index is 5.93. The SMILES string of the molecule is Clc1cc(-c2nc(I)no2)ccc1Br. The standard InChI is InChI=1S/C8H3BrClIN2O/c9-5-2-1-4(3-6(5)10)7-12-8(11)13-14-7/h1-3H. The highest BCUT2D eigenvalue weighted by atomic mass is 127. The first-order chi connectivity index (χ1) is 6.66. The molecule has 0 aliphatic carbocycles. The van der Waals surface area contributed by atoms with Crippen LogP contribution in [-0.2, 0) is 0 Å². The third-order valence-electron chi connectivity index (χ3n) is 1.57. The molecule has 0 aliphatic heterocycles. The molecule has 0 amide bonds. The summed E-state index contributed by atoms with van der Waals surface area (Å²) in [5, 5.41) is 4.31. The monoisotopic (exact) mass is 384 g/mol. The van der Waals surface area contributed by atoms with Crippen molar-refractivity contribution in [3.63, 3.8) is 0 Å². The van der Waals surface area contributed by atoms with Gasteiger partial charge in [-0.1, -0.05) is 16.8 Å². The zero-order valence-corrected chi connectivity index (χ0v) is 11.2. The van der Waals surface area contributed by atoms with Gasteiger partial charge in [-0.25, -0.2) is 0 Å². The number of rotatable bonds is 1. The predicted octanol–water partition coefficient (Wildman–Crippen LogP) is 3.76. The van der Waals surface area contributed by atoms with E-state index < -0.39 is 0 Å². The molecule has 0 unspecified atom stereocenters. The number of aromatic nitrogens is 2. The average Bonchev–Trinajstić information content (AvgIpc) is 2.57. The second-order valence-corrected chi connectivity index (χ2v) is 4.72. The molecule has 6 heteroatoms. The molecule has 0 spiro atoms. The van der Waals surface area contributed by atoms with Gasteiger partial charge in [-0.05, 0) is 34.1 Å². The van der Waals surface area contributed by atoms with E-state index >= 15 is 0 Å². The number of hydrogen-bond donors (Lipinski definition) is 0. The van der Waals surface area contributed by atoms with Crippen molar-refractivity contribution in [1.29, 1.82) is 0 Å². The van der Waals surface area contributed by atoms with Gasteiger partial charge in [0.1, 0.15) is 0 Å². The van der Waals surface area contributed by atoms with E-state index in [1.165, 1.54) is 0 Å². The van der Waals surface area contributed by atoms with Crippen LogP contribution in [0.5, 0.6) is 0 Å². The highest BCUT2D eigenvalue weighted by Crippen LogP contribution is 2.27. The van der Waals surface area contributed by atoms with Crippen LogP contribution in [-0.4, -0.2) is 10.1 Å². The zero-order valence-electron chi connectivity index (χ0n) is 6.67. The third kappa shape index (κ3) is 2.09. The molecule has 1 aromatic heterocycles. The van der Waals surface area contributed by atoms with E-state index in [2.05, 4.69) is 26.1 Å². The minimum Gasteiger partial charge on any atom is -0.333 e. The number of nitrogens with zero attached hydrogens (tertiary/aromatic N) is 2. The number of benzene rings is 1. The summed E-state index contributed by atoms with van der Waals surface area (Å²) < 4.78 is 6.43. The summed E-state index contributed by atoms with van der Waals surface area (Å²) in [7, 11) is 0. The molecule has 1 heterocycles. The van der Waals surface area contributed by atoms with Crippen molar-refractivity contribution in [1.82, 2.24) is 10.1 Å². The molecule has 0 fully saturated rings. The van der Waals surface area contributed by atoms with Crippen LogP contribution in [0, 0.1) is 3.83 Å². The van der Waals surface area contributed by atoms with Gasteiger partial charge in [0.15, 0.2) is 0 Å². The van der Waals surface area contributed by atoms with Crippen molar-refractivity contribution < 1.29 is 4.52 Å². The summed E-state index contributed by atoms with van der Waals surface area (Å²) >= 11 is 11.2. The summed E-state index contributed by atoms with van der Waals surface area (Å²) in [6.07, 6.45) is 0. The third-order valence-corrected chi connectivity index (χ3v) is 3.24. The Morgan fingerprint density at radius 2 is 2.21 bits per heavy atom. The first-order valence-corrected chi connectivity index (χ1v) is 5.86. The molecular weight excluding hydrogens is 382 g/mol. The molecule has 0 N–H and O–H groups in total. The van der Waals surface area contributed by atoms with E-state index in [9.17, 15) is 0 Å². The van der Waals surface area contributed by atoms with Crippen molar-refractivity contribution in [2.75, 3.05) is 0 Å². The fourth-order valence-corrected chi connectivity index (χ4v) is 1.70. The Balaban J connectivity index is 2.47. The Morgan fingerprint density at radius 3 is 2.79 bits per heavy atom. The molecule has 2 aromatic rings. The highest BCUT2D eigenvalue weighted by molar-refractivity contribution is 14.1. The van der Waals surface area contributed by atoms with Crippen LogP contribution in [0.2, 0.25) is 5.02 Å². The minimum atomic E-state index is 0.476. The molecule has 0 aliphatic rings. The van der Waals surface area contributed by atoms with Crippen LogP contribution in [0.25, 0.3) is 11.5 Å². The van der Waals surface area contributed by atoms with E-state index in [0.29, 0.717) is 14.7 Å². The van der Waals surface area contributed by atoms with Gasteiger partial charge in [0.25, 0.3) is 5.89 Å². The summed E-state index contributed by atoms with van der Waals surface area (Å²) in [5.74, 6) is 0.476. The van der Waals surface area contributed by atoms with Crippen LogP contribution < -0.4 is 0 Å². The highest BCUT2D eigenvalue weighted by Gasteiger charge is 2.08. The molecule has 72 valence electrons. The van der Waals surface area contributed by atoms with Gasteiger partial charge in [-0.2, -0.15) is 4.98 Å². The normalized spacial score (nSPS) is 10.5.